The molecular weight excluding hydrogens is 336 g/mol. The van der Waals surface area contributed by atoms with Gasteiger partial charge in [0.05, 0.1) is 11.4 Å². The maximum absolute atomic E-state index is 13.8. The van der Waals surface area contributed by atoms with Gasteiger partial charge in [-0.15, -0.1) is 0 Å². The van der Waals surface area contributed by atoms with Crippen LogP contribution < -0.4 is 10.0 Å². The van der Waals surface area contributed by atoms with E-state index in [1.54, 1.807) is 10.0 Å². The van der Waals surface area contributed by atoms with Crippen LogP contribution in [0.15, 0.2) is 72.3 Å². The lowest BCUT2D eigenvalue weighted by atomic mass is 9.72. The van der Waals surface area contributed by atoms with Crippen molar-refractivity contribution in [2.75, 3.05) is 10.0 Å². The average molecular weight is 360 g/mol. The van der Waals surface area contributed by atoms with Gasteiger partial charge in [-0.1, -0.05) is 49.4 Å². The molecule has 4 rings (SSSR count). The highest BCUT2D eigenvalue weighted by Gasteiger charge is 2.60. The maximum Gasteiger partial charge on any atom is 0.266 e. The van der Waals surface area contributed by atoms with E-state index in [1.807, 2.05) is 67.6 Å². The Morgan fingerprint density at radius 2 is 1.33 bits per heavy atom. The summed E-state index contributed by atoms with van der Waals surface area (Å²) in [7, 11) is 0. The number of para-hydroxylation sites is 2. The molecule has 0 aromatic heterocycles. The van der Waals surface area contributed by atoms with Crippen molar-refractivity contribution in [3.05, 3.63) is 72.3 Å². The predicted octanol–water partition coefficient (Wildman–Crippen LogP) is 4.88. The minimum atomic E-state index is -1.09. The zero-order valence-electron chi connectivity index (χ0n) is 15.6. The first-order valence-corrected chi connectivity index (χ1v) is 9.69. The molecule has 2 aromatic carbocycles. The third kappa shape index (κ3) is 2.67. The van der Waals surface area contributed by atoms with Crippen LogP contribution in [0.1, 0.15) is 39.0 Å². The summed E-state index contributed by atoms with van der Waals surface area (Å²) >= 11 is 0. The number of carbonyl (C=O) groups excluding carboxylic acids is 2. The molecule has 27 heavy (non-hydrogen) atoms. The van der Waals surface area contributed by atoms with Crippen LogP contribution in [-0.4, -0.2) is 11.8 Å². The van der Waals surface area contributed by atoms with Gasteiger partial charge in [-0.2, -0.15) is 0 Å². The van der Waals surface area contributed by atoms with Crippen LogP contribution in [0.4, 0.5) is 11.4 Å². The Morgan fingerprint density at radius 3 is 1.74 bits per heavy atom. The van der Waals surface area contributed by atoms with Crippen molar-refractivity contribution in [1.29, 1.82) is 0 Å². The molecule has 1 saturated heterocycles. The zero-order chi connectivity index (χ0) is 18.9. The fourth-order valence-electron chi connectivity index (χ4n) is 4.27. The lowest BCUT2D eigenvalue weighted by Crippen LogP contribution is -2.41. The number of rotatable bonds is 4. The monoisotopic (exact) mass is 360 g/mol. The molecule has 0 bridgehead atoms. The topological polar surface area (TPSA) is 40.6 Å². The fourth-order valence-corrected chi connectivity index (χ4v) is 4.27. The van der Waals surface area contributed by atoms with Gasteiger partial charge in [0.15, 0.2) is 5.41 Å². The first kappa shape index (κ1) is 17.5. The van der Waals surface area contributed by atoms with E-state index in [0.717, 1.165) is 31.3 Å². The average Bonchev–Trinajstić information content (AvgIpc) is 2.97. The molecule has 2 aromatic rings. The van der Waals surface area contributed by atoms with Gasteiger partial charge in [-0.25, -0.2) is 10.0 Å². The molecule has 4 nitrogen and oxygen atoms in total. The van der Waals surface area contributed by atoms with Crippen molar-refractivity contribution in [1.82, 2.24) is 0 Å². The van der Waals surface area contributed by atoms with Gasteiger partial charge in [-0.3, -0.25) is 9.59 Å². The maximum atomic E-state index is 13.8. The van der Waals surface area contributed by atoms with Crippen LogP contribution in [0, 0.1) is 5.41 Å². The van der Waals surface area contributed by atoms with Gasteiger partial charge in [0, 0.05) is 0 Å². The van der Waals surface area contributed by atoms with Gasteiger partial charge < -0.3 is 0 Å². The fraction of sp³-hybridized carbons (Fsp3) is 0.304. The highest BCUT2D eigenvalue weighted by atomic mass is 16.2. The number of amides is 2. The SMILES string of the molecule is CCC1(C2=CCCCC2)C(=O)N(c2ccccc2)N(c2ccccc2)C1=O. The van der Waals surface area contributed by atoms with E-state index in [9.17, 15) is 9.59 Å². The molecule has 1 heterocycles. The molecule has 0 N–H and O–H groups in total. The predicted molar refractivity (Wildman–Crippen MR) is 107 cm³/mol. The van der Waals surface area contributed by atoms with E-state index in [4.69, 9.17) is 0 Å². The molecule has 1 aliphatic carbocycles. The summed E-state index contributed by atoms with van der Waals surface area (Å²) in [5.41, 5.74) is 1.33. The first-order valence-electron chi connectivity index (χ1n) is 9.69. The molecule has 2 aliphatic rings. The van der Waals surface area contributed by atoms with Crippen molar-refractivity contribution in [3.63, 3.8) is 0 Å². The molecule has 138 valence electrons. The summed E-state index contributed by atoms with van der Waals surface area (Å²) in [6.45, 7) is 1.95. The number of carbonyl (C=O) groups is 2. The molecule has 0 unspecified atom stereocenters. The van der Waals surface area contributed by atoms with Crippen LogP contribution in [0.2, 0.25) is 0 Å². The summed E-state index contributed by atoms with van der Waals surface area (Å²) in [5, 5.41) is 3.13. The van der Waals surface area contributed by atoms with E-state index >= 15 is 0 Å². The van der Waals surface area contributed by atoms with Crippen LogP contribution in [0.5, 0.6) is 0 Å². The molecular formula is C23H24N2O2. The normalized spacial score (nSPS) is 19.4. The summed E-state index contributed by atoms with van der Waals surface area (Å²) in [6.07, 6.45) is 6.51. The Morgan fingerprint density at radius 1 is 0.815 bits per heavy atom. The minimum absolute atomic E-state index is 0.141. The van der Waals surface area contributed by atoms with Crippen LogP contribution >= 0.6 is 0 Å². The van der Waals surface area contributed by atoms with E-state index in [-0.39, 0.29) is 11.8 Å². The zero-order valence-corrected chi connectivity index (χ0v) is 15.6. The lowest BCUT2D eigenvalue weighted by Gasteiger charge is -2.28. The summed E-state index contributed by atoms with van der Waals surface area (Å²) in [6, 6.07) is 18.9. The van der Waals surface area contributed by atoms with Gasteiger partial charge in [0.2, 0.25) is 0 Å². The smallest absolute Gasteiger partial charge is 0.266 e. The molecule has 1 fully saturated rings. The number of nitrogens with zero attached hydrogens (tertiary/aromatic N) is 2. The highest BCUT2D eigenvalue weighted by Crippen LogP contribution is 2.47. The number of hydrazine groups is 1. The molecule has 0 spiro atoms. The molecule has 4 heteroatoms. The molecule has 1 aliphatic heterocycles. The Hall–Kier alpha value is -2.88. The van der Waals surface area contributed by atoms with Gasteiger partial charge in [0.25, 0.3) is 11.8 Å². The number of anilines is 2. The number of hydrogen-bond acceptors (Lipinski definition) is 2. The highest BCUT2D eigenvalue weighted by molar-refractivity contribution is 6.28. The Labute approximate surface area is 160 Å². The molecule has 0 saturated carbocycles. The Kier molecular flexibility index (Phi) is 4.56. The second-order valence-corrected chi connectivity index (χ2v) is 7.14. The lowest BCUT2D eigenvalue weighted by molar-refractivity contribution is -0.132. The number of benzene rings is 2. The van der Waals surface area contributed by atoms with Gasteiger partial charge >= 0.3 is 0 Å². The number of hydrogen-bond donors (Lipinski definition) is 0. The minimum Gasteiger partial charge on any atom is -0.271 e. The van der Waals surface area contributed by atoms with Crippen LogP contribution in [0.3, 0.4) is 0 Å². The Balaban J connectivity index is 1.90. The third-order valence-electron chi connectivity index (χ3n) is 5.69. The quantitative estimate of drug-likeness (QED) is 0.576. The second-order valence-electron chi connectivity index (χ2n) is 7.14. The van der Waals surface area contributed by atoms with E-state index < -0.39 is 5.41 Å². The second kappa shape index (κ2) is 7.03. The summed E-state index contributed by atoms with van der Waals surface area (Å²) in [4.78, 5) is 27.5. The van der Waals surface area contributed by atoms with Crippen LogP contribution in [-0.2, 0) is 9.59 Å². The standard InChI is InChI=1S/C23H24N2O2/c1-2-23(18-12-6-3-7-13-18)21(26)24(19-14-8-4-9-15-19)25(22(23)27)20-16-10-5-11-17-20/h4-5,8-12,14-17H,2-3,6-7,13H2,1H3. The first-order chi connectivity index (χ1) is 13.2. The van der Waals surface area contributed by atoms with Crippen molar-refractivity contribution < 1.29 is 9.59 Å². The number of allylic oxidation sites excluding steroid dienone is 1. The van der Waals surface area contributed by atoms with Crippen molar-refractivity contribution in [3.8, 4) is 0 Å². The third-order valence-corrected chi connectivity index (χ3v) is 5.69. The molecule has 0 radical (unpaired) electrons. The largest absolute Gasteiger partial charge is 0.271 e. The van der Waals surface area contributed by atoms with Crippen molar-refractivity contribution in [2.24, 2.45) is 5.41 Å². The van der Waals surface area contributed by atoms with E-state index in [0.29, 0.717) is 17.8 Å². The van der Waals surface area contributed by atoms with Gasteiger partial charge in [0.1, 0.15) is 0 Å². The molecule has 0 atom stereocenters. The summed E-state index contributed by atoms with van der Waals surface area (Å²) < 4.78 is 0. The van der Waals surface area contributed by atoms with E-state index in [1.165, 1.54) is 0 Å². The molecule has 2 amide bonds. The van der Waals surface area contributed by atoms with Gasteiger partial charge in [-0.05, 0) is 61.9 Å². The Bertz CT molecular complexity index is 816. The van der Waals surface area contributed by atoms with Crippen molar-refractivity contribution >= 4 is 23.2 Å². The van der Waals surface area contributed by atoms with E-state index in [2.05, 4.69) is 6.08 Å². The van der Waals surface area contributed by atoms with Crippen molar-refractivity contribution in [2.45, 2.75) is 39.0 Å². The van der Waals surface area contributed by atoms with Crippen LogP contribution in [0.25, 0.3) is 0 Å². The summed E-state index contributed by atoms with van der Waals surface area (Å²) in [5.74, 6) is -0.281.